The molecule has 0 radical (unpaired) electrons. The van der Waals surface area contributed by atoms with E-state index in [0.717, 1.165) is 47.3 Å². The van der Waals surface area contributed by atoms with Gasteiger partial charge in [0.1, 0.15) is 5.82 Å². The number of hydrogen-bond donors (Lipinski definition) is 1. The van der Waals surface area contributed by atoms with Crippen LogP contribution in [0.5, 0.6) is 0 Å². The number of hydrogen-bond acceptors (Lipinski definition) is 4. The molecule has 138 valence electrons. The van der Waals surface area contributed by atoms with Crippen molar-refractivity contribution in [2.24, 2.45) is 0 Å². The predicted octanol–water partition coefficient (Wildman–Crippen LogP) is 3.88. The van der Waals surface area contributed by atoms with E-state index in [-0.39, 0.29) is 11.9 Å². The van der Waals surface area contributed by atoms with E-state index in [0.29, 0.717) is 5.69 Å². The molecule has 1 aliphatic heterocycles. The first-order chi connectivity index (χ1) is 13.8. The first kappa shape index (κ1) is 16.6. The van der Waals surface area contributed by atoms with Gasteiger partial charge in [0, 0.05) is 12.6 Å². The SMILES string of the molecule is O=C(C=Cc1cnc2ccccc2n1)N1CCCC1c1nc2ccccc2[nH]1. The van der Waals surface area contributed by atoms with Crippen LogP contribution in [0.4, 0.5) is 0 Å². The summed E-state index contributed by atoms with van der Waals surface area (Å²) < 4.78 is 0. The summed E-state index contributed by atoms with van der Waals surface area (Å²) in [7, 11) is 0. The van der Waals surface area contributed by atoms with Crippen LogP contribution in [0.15, 0.2) is 60.8 Å². The largest absolute Gasteiger partial charge is 0.340 e. The number of imidazole rings is 1. The summed E-state index contributed by atoms with van der Waals surface area (Å²) in [6, 6.07) is 15.6. The third-order valence-electron chi connectivity index (χ3n) is 5.12. The summed E-state index contributed by atoms with van der Waals surface area (Å²) in [4.78, 5) is 31.7. The molecule has 1 amide bonds. The topological polar surface area (TPSA) is 74.8 Å². The fraction of sp³-hybridized carbons (Fsp3) is 0.182. The molecule has 1 unspecified atom stereocenters. The second-order valence-electron chi connectivity index (χ2n) is 6.95. The Labute approximate surface area is 162 Å². The zero-order valence-electron chi connectivity index (χ0n) is 15.2. The molecule has 3 heterocycles. The molecule has 1 atom stereocenters. The van der Waals surface area contributed by atoms with E-state index in [1.54, 1.807) is 18.3 Å². The van der Waals surface area contributed by atoms with Gasteiger partial charge in [-0.3, -0.25) is 9.78 Å². The number of likely N-dealkylation sites (tertiary alicyclic amines) is 1. The van der Waals surface area contributed by atoms with Crippen molar-refractivity contribution in [3.05, 3.63) is 72.3 Å². The number of para-hydroxylation sites is 4. The van der Waals surface area contributed by atoms with Crippen molar-refractivity contribution < 1.29 is 4.79 Å². The molecule has 1 aliphatic rings. The Balaban J connectivity index is 1.37. The summed E-state index contributed by atoms with van der Waals surface area (Å²) >= 11 is 0. The Morgan fingerprint density at radius 2 is 1.82 bits per heavy atom. The van der Waals surface area contributed by atoms with E-state index in [9.17, 15) is 4.79 Å². The van der Waals surface area contributed by atoms with Gasteiger partial charge in [0.15, 0.2) is 0 Å². The third kappa shape index (κ3) is 3.03. The highest BCUT2D eigenvalue weighted by Crippen LogP contribution is 2.31. The van der Waals surface area contributed by atoms with Crippen molar-refractivity contribution in [1.29, 1.82) is 0 Å². The first-order valence-electron chi connectivity index (χ1n) is 9.43. The Morgan fingerprint density at radius 1 is 1.04 bits per heavy atom. The molecule has 6 nitrogen and oxygen atoms in total. The third-order valence-corrected chi connectivity index (χ3v) is 5.12. The van der Waals surface area contributed by atoms with Crippen LogP contribution in [-0.2, 0) is 4.79 Å². The number of benzene rings is 2. The number of fused-ring (bicyclic) bond motifs is 2. The normalized spacial score (nSPS) is 17.1. The van der Waals surface area contributed by atoms with Gasteiger partial charge in [0.05, 0.1) is 40.0 Å². The number of nitrogens with zero attached hydrogens (tertiary/aromatic N) is 4. The molecular formula is C22H19N5O. The maximum absolute atomic E-state index is 12.8. The fourth-order valence-electron chi connectivity index (χ4n) is 3.75. The van der Waals surface area contributed by atoms with E-state index >= 15 is 0 Å². The van der Waals surface area contributed by atoms with Gasteiger partial charge >= 0.3 is 0 Å². The standard InChI is InChI=1S/C22H19N5O/c28-21(12-11-15-14-23-16-6-1-2-7-17(16)24-15)27-13-5-10-20(27)22-25-18-8-3-4-9-19(18)26-22/h1-4,6-9,11-12,14,20H,5,10,13H2,(H,25,26). The van der Waals surface area contributed by atoms with E-state index in [1.807, 2.05) is 53.4 Å². The number of nitrogens with one attached hydrogen (secondary N) is 1. The summed E-state index contributed by atoms with van der Waals surface area (Å²) in [6.45, 7) is 0.730. The summed E-state index contributed by atoms with van der Waals surface area (Å²) in [5, 5.41) is 0. The van der Waals surface area contributed by atoms with Crippen LogP contribution in [0.2, 0.25) is 0 Å². The number of H-pyrrole nitrogens is 1. The minimum atomic E-state index is -0.0297. The van der Waals surface area contributed by atoms with E-state index in [4.69, 9.17) is 0 Å². The minimum absolute atomic E-state index is 0.0211. The molecule has 6 heteroatoms. The van der Waals surface area contributed by atoms with Gasteiger partial charge in [-0.1, -0.05) is 24.3 Å². The van der Waals surface area contributed by atoms with Crippen molar-refractivity contribution in [2.75, 3.05) is 6.54 Å². The fourth-order valence-corrected chi connectivity index (χ4v) is 3.75. The minimum Gasteiger partial charge on any atom is -0.340 e. The lowest BCUT2D eigenvalue weighted by atomic mass is 10.2. The molecule has 2 aromatic heterocycles. The summed E-state index contributed by atoms with van der Waals surface area (Å²) in [5.41, 5.74) is 4.26. The predicted molar refractivity (Wildman–Crippen MR) is 108 cm³/mol. The highest BCUT2D eigenvalue weighted by molar-refractivity contribution is 5.92. The van der Waals surface area contributed by atoms with Gasteiger partial charge in [0.25, 0.3) is 0 Å². The number of amides is 1. The smallest absolute Gasteiger partial charge is 0.247 e. The number of carbonyl (C=O) groups excluding carboxylic acids is 1. The Kier molecular flexibility index (Phi) is 4.09. The van der Waals surface area contributed by atoms with Crippen LogP contribution < -0.4 is 0 Å². The molecule has 5 rings (SSSR count). The molecule has 1 fully saturated rings. The van der Waals surface area contributed by atoms with Crippen molar-refractivity contribution in [1.82, 2.24) is 24.8 Å². The maximum atomic E-state index is 12.8. The summed E-state index contributed by atoms with van der Waals surface area (Å²) in [5.74, 6) is 0.823. The lowest BCUT2D eigenvalue weighted by molar-refractivity contribution is -0.126. The molecule has 2 aromatic carbocycles. The monoisotopic (exact) mass is 369 g/mol. The Hall–Kier alpha value is -3.54. The van der Waals surface area contributed by atoms with E-state index < -0.39 is 0 Å². The van der Waals surface area contributed by atoms with Crippen LogP contribution in [0.1, 0.15) is 30.4 Å². The Bertz CT molecular complexity index is 1160. The van der Waals surface area contributed by atoms with Gasteiger partial charge in [0.2, 0.25) is 5.91 Å². The lowest BCUT2D eigenvalue weighted by Gasteiger charge is -2.21. The number of carbonyl (C=O) groups is 1. The van der Waals surface area contributed by atoms with Crippen LogP contribution >= 0.6 is 0 Å². The molecule has 0 bridgehead atoms. The van der Waals surface area contributed by atoms with Crippen molar-refractivity contribution in [3.8, 4) is 0 Å². The maximum Gasteiger partial charge on any atom is 0.247 e. The molecule has 4 aromatic rings. The highest BCUT2D eigenvalue weighted by atomic mass is 16.2. The molecule has 0 aliphatic carbocycles. The van der Waals surface area contributed by atoms with Gasteiger partial charge < -0.3 is 9.88 Å². The quantitative estimate of drug-likeness (QED) is 0.556. The van der Waals surface area contributed by atoms with Crippen LogP contribution in [-0.4, -0.2) is 37.3 Å². The first-order valence-corrected chi connectivity index (χ1v) is 9.43. The number of aromatic nitrogens is 4. The zero-order chi connectivity index (χ0) is 18.9. The Morgan fingerprint density at radius 3 is 2.68 bits per heavy atom. The average molecular weight is 369 g/mol. The number of aromatic amines is 1. The molecule has 1 N–H and O–H groups in total. The van der Waals surface area contributed by atoms with Gasteiger partial charge in [-0.2, -0.15) is 0 Å². The molecule has 1 saturated heterocycles. The molecule has 0 spiro atoms. The van der Waals surface area contributed by atoms with E-state index in [2.05, 4.69) is 19.9 Å². The van der Waals surface area contributed by atoms with Crippen LogP contribution in [0, 0.1) is 0 Å². The highest BCUT2D eigenvalue weighted by Gasteiger charge is 2.31. The number of rotatable bonds is 3. The lowest BCUT2D eigenvalue weighted by Crippen LogP contribution is -2.29. The van der Waals surface area contributed by atoms with E-state index in [1.165, 1.54) is 0 Å². The van der Waals surface area contributed by atoms with Gasteiger partial charge in [-0.05, 0) is 43.2 Å². The van der Waals surface area contributed by atoms with Crippen molar-refractivity contribution >= 4 is 34.1 Å². The van der Waals surface area contributed by atoms with Crippen LogP contribution in [0.3, 0.4) is 0 Å². The zero-order valence-corrected chi connectivity index (χ0v) is 15.2. The second-order valence-corrected chi connectivity index (χ2v) is 6.95. The van der Waals surface area contributed by atoms with Crippen LogP contribution in [0.25, 0.3) is 28.1 Å². The van der Waals surface area contributed by atoms with Crippen molar-refractivity contribution in [2.45, 2.75) is 18.9 Å². The van der Waals surface area contributed by atoms with Gasteiger partial charge in [-0.15, -0.1) is 0 Å². The van der Waals surface area contributed by atoms with Crippen molar-refractivity contribution in [3.63, 3.8) is 0 Å². The summed E-state index contributed by atoms with van der Waals surface area (Å²) in [6.07, 6.45) is 6.88. The average Bonchev–Trinajstić information content (AvgIpc) is 3.38. The second kappa shape index (κ2) is 6.88. The molecule has 0 saturated carbocycles. The molecular weight excluding hydrogens is 350 g/mol. The molecule has 28 heavy (non-hydrogen) atoms. The van der Waals surface area contributed by atoms with Gasteiger partial charge in [-0.25, -0.2) is 9.97 Å².